The van der Waals surface area contributed by atoms with E-state index in [9.17, 15) is 4.79 Å². The molecule has 0 spiro atoms. The lowest BCUT2D eigenvalue weighted by Crippen LogP contribution is -2.21. The summed E-state index contributed by atoms with van der Waals surface area (Å²) >= 11 is 0. The topological polar surface area (TPSA) is 106 Å². The molecule has 148 valence electrons. The van der Waals surface area contributed by atoms with Gasteiger partial charge in [-0.15, -0.1) is 0 Å². The van der Waals surface area contributed by atoms with Crippen molar-refractivity contribution in [3.05, 3.63) is 95.3 Å². The Bertz CT molecular complexity index is 1200. The van der Waals surface area contributed by atoms with Gasteiger partial charge in [-0.05, 0) is 29.3 Å². The van der Waals surface area contributed by atoms with Crippen LogP contribution in [0, 0.1) is 0 Å². The van der Waals surface area contributed by atoms with E-state index < -0.39 is 0 Å². The first kappa shape index (κ1) is 17.9. The van der Waals surface area contributed by atoms with Gasteiger partial charge < -0.3 is 15.8 Å². The van der Waals surface area contributed by atoms with Crippen molar-refractivity contribution in [2.75, 3.05) is 5.73 Å². The van der Waals surface area contributed by atoms with Gasteiger partial charge in [0.15, 0.2) is 0 Å². The van der Waals surface area contributed by atoms with Gasteiger partial charge in [0, 0.05) is 29.1 Å². The predicted molar refractivity (Wildman–Crippen MR) is 113 cm³/mol. The largest absolute Gasteiger partial charge is 0.473 e. The number of anilines is 1. The maximum absolute atomic E-state index is 12.4. The second-order valence-electron chi connectivity index (χ2n) is 7.10. The number of nitrogen functional groups attached to an aromatic ring is 1. The normalized spacial score (nSPS) is 14.9. The first-order valence-electron chi connectivity index (χ1n) is 9.57. The van der Waals surface area contributed by atoms with E-state index in [2.05, 4.69) is 20.5 Å². The Morgan fingerprint density at radius 3 is 2.67 bits per heavy atom. The van der Waals surface area contributed by atoms with E-state index in [1.54, 1.807) is 12.3 Å². The number of nitrogens with zero attached hydrogens (tertiary/aromatic N) is 2. The molecule has 0 fully saturated rings. The third-order valence-corrected chi connectivity index (χ3v) is 5.07. The van der Waals surface area contributed by atoms with Crippen LogP contribution in [-0.4, -0.2) is 21.1 Å². The third kappa shape index (κ3) is 3.26. The number of hydrogen-bond acceptors (Lipinski definition) is 5. The van der Waals surface area contributed by atoms with Crippen molar-refractivity contribution in [1.82, 2.24) is 20.5 Å². The van der Waals surface area contributed by atoms with Crippen molar-refractivity contribution < 1.29 is 9.53 Å². The molecule has 1 amide bonds. The molecule has 7 nitrogen and oxygen atoms in total. The Kier molecular flexibility index (Phi) is 4.40. The minimum Gasteiger partial charge on any atom is -0.473 e. The van der Waals surface area contributed by atoms with Crippen molar-refractivity contribution in [3.63, 3.8) is 0 Å². The van der Waals surface area contributed by atoms with Gasteiger partial charge in [-0.25, -0.2) is 4.98 Å². The lowest BCUT2D eigenvalue weighted by Gasteiger charge is -2.14. The quantitative estimate of drug-likeness (QED) is 0.447. The highest BCUT2D eigenvalue weighted by Gasteiger charge is 2.35. The van der Waals surface area contributed by atoms with Crippen LogP contribution in [0.15, 0.2) is 72.9 Å². The molecule has 0 bridgehead atoms. The number of nitrogens with one attached hydrogen (secondary N) is 2. The van der Waals surface area contributed by atoms with Gasteiger partial charge in [0.05, 0.1) is 11.7 Å². The van der Waals surface area contributed by atoms with E-state index in [1.807, 2.05) is 60.7 Å². The lowest BCUT2D eigenvalue weighted by molar-refractivity contribution is 0.0955. The molecule has 3 heterocycles. The van der Waals surface area contributed by atoms with Crippen molar-refractivity contribution in [1.29, 1.82) is 0 Å². The molecule has 0 radical (unpaired) electrons. The molecule has 5 rings (SSSR count). The molecule has 0 saturated heterocycles. The van der Waals surface area contributed by atoms with E-state index in [4.69, 9.17) is 10.5 Å². The molecule has 1 atom stereocenters. The van der Waals surface area contributed by atoms with Gasteiger partial charge in [-0.1, -0.05) is 42.5 Å². The van der Waals surface area contributed by atoms with Crippen LogP contribution in [0.1, 0.15) is 33.2 Å². The van der Waals surface area contributed by atoms with E-state index in [-0.39, 0.29) is 11.9 Å². The molecule has 2 aromatic carbocycles. The number of aromatic amines is 1. The van der Waals surface area contributed by atoms with Crippen LogP contribution in [0.4, 0.5) is 5.69 Å². The molecule has 1 aliphatic rings. The summed E-state index contributed by atoms with van der Waals surface area (Å²) in [6.07, 6.45) is 1.72. The molecular formula is C23H19N5O2. The maximum atomic E-state index is 12.4. The SMILES string of the molecule is Nc1cccc(COc2ccc(C3NC(=O)c4[nH]nc(-c5ccccc5)c43)cn2)c1. The second-order valence-corrected chi connectivity index (χ2v) is 7.10. The summed E-state index contributed by atoms with van der Waals surface area (Å²) in [6, 6.07) is 20.7. The van der Waals surface area contributed by atoms with Crippen LogP contribution in [0.5, 0.6) is 5.88 Å². The smallest absolute Gasteiger partial charge is 0.270 e. The van der Waals surface area contributed by atoms with Gasteiger partial charge in [-0.3, -0.25) is 9.89 Å². The zero-order chi connectivity index (χ0) is 20.5. The van der Waals surface area contributed by atoms with Gasteiger partial charge in [0.1, 0.15) is 12.3 Å². The number of fused-ring (bicyclic) bond motifs is 1. The Morgan fingerprint density at radius 1 is 1.03 bits per heavy atom. The molecule has 0 aliphatic carbocycles. The molecular weight excluding hydrogens is 378 g/mol. The zero-order valence-electron chi connectivity index (χ0n) is 16.0. The Hall–Kier alpha value is -4.13. The number of hydrogen-bond donors (Lipinski definition) is 3. The number of rotatable bonds is 5. The number of aromatic nitrogens is 3. The van der Waals surface area contributed by atoms with Crippen molar-refractivity contribution in [2.24, 2.45) is 0 Å². The fourth-order valence-electron chi connectivity index (χ4n) is 3.63. The Balaban J connectivity index is 1.39. The van der Waals surface area contributed by atoms with Crippen molar-refractivity contribution >= 4 is 11.6 Å². The van der Waals surface area contributed by atoms with Crippen LogP contribution in [0.2, 0.25) is 0 Å². The van der Waals surface area contributed by atoms with E-state index in [0.717, 1.165) is 27.9 Å². The summed E-state index contributed by atoms with van der Waals surface area (Å²) in [4.78, 5) is 16.8. The zero-order valence-corrected chi connectivity index (χ0v) is 16.0. The number of benzene rings is 2. The number of pyridine rings is 1. The molecule has 0 saturated carbocycles. The summed E-state index contributed by atoms with van der Waals surface area (Å²) in [7, 11) is 0. The van der Waals surface area contributed by atoms with Crippen LogP contribution in [0.3, 0.4) is 0 Å². The van der Waals surface area contributed by atoms with Gasteiger partial charge >= 0.3 is 0 Å². The average molecular weight is 397 g/mol. The minimum absolute atomic E-state index is 0.174. The summed E-state index contributed by atoms with van der Waals surface area (Å²) in [5.41, 5.74) is 11.4. The maximum Gasteiger partial charge on any atom is 0.270 e. The number of ether oxygens (including phenoxy) is 1. The molecule has 2 aromatic heterocycles. The molecule has 7 heteroatoms. The van der Waals surface area contributed by atoms with Gasteiger partial charge in [0.25, 0.3) is 5.91 Å². The first-order chi connectivity index (χ1) is 14.7. The van der Waals surface area contributed by atoms with E-state index in [0.29, 0.717) is 23.9 Å². The summed E-state index contributed by atoms with van der Waals surface area (Å²) in [5, 5.41) is 10.3. The van der Waals surface area contributed by atoms with Crippen LogP contribution in [0.25, 0.3) is 11.3 Å². The Labute approximate surface area is 172 Å². The highest BCUT2D eigenvalue weighted by Crippen LogP contribution is 2.36. The number of H-pyrrole nitrogens is 1. The monoisotopic (exact) mass is 397 g/mol. The van der Waals surface area contributed by atoms with Gasteiger partial charge in [-0.2, -0.15) is 5.10 Å². The molecule has 4 aromatic rings. The van der Waals surface area contributed by atoms with Crippen LogP contribution < -0.4 is 15.8 Å². The molecule has 30 heavy (non-hydrogen) atoms. The standard InChI is InChI=1S/C23H19N5O2/c24-17-8-4-5-14(11-17)13-30-18-10-9-16(12-25-18)20-19-21(15-6-2-1-3-7-15)27-28-22(19)23(29)26-20/h1-12,20H,13,24H2,(H,26,29)(H,27,28). The number of amides is 1. The predicted octanol–water partition coefficient (Wildman–Crippen LogP) is 3.47. The number of nitrogens with two attached hydrogens (primary N) is 1. The minimum atomic E-state index is -0.322. The molecule has 1 unspecified atom stereocenters. The van der Waals surface area contributed by atoms with Crippen molar-refractivity contribution in [3.8, 4) is 17.1 Å². The Morgan fingerprint density at radius 2 is 1.90 bits per heavy atom. The fraction of sp³-hybridized carbons (Fsp3) is 0.0870. The number of carbonyl (C=O) groups excluding carboxylic acids is 1. The molecule has 1 aliphatic heterocycles. The highest BCUT2D eigenvalue weighted by molar-refractivity contribution is 6.00. The van der Waals surface area contributed by atoms with E-state index in [1.165, 1.54) is 0 Å². The third-order valence-electron chi connectivity index (χ3n) is 5.07. The second kappa shape index (κ2) is 7.36. The highest BCUT2D eigenvalue weighted by atomic mass is 16.5. The number of carbonyl (C=O) groups is 1. The van der Waals surface area contributed by atoms with E-state index >= 15 is 0 Å². The summed E-state index contributed by atoms with van der Waals surface area (Å²) in [6.45, 7) is 0.377. The van der Waals surface area contributed by atoms with Gasteiger partial charge in [0.2, 0.25) is 5.88 Å². The lowest BCUT2D eigenvalue weighted by atomic mass is 9.98. The fourth-order valence-corrected chi connectivity index (χ4v) is 3.63. The summed E-state index contributed by atoms with van der Waals surface area (Å²) in [5.74, 6) is 0.327. The molecule has 4 N–H and O–H groups in total. The first-order valence-corrected chi connectivity index (χ1v) is 9.57. The van der Waals surface area contributed by atoms with Crippen molar-refractivity contribution in [2.45, 2.75) is 12.6 Å². The van der Waals surface area contributed by atoms with Crippen LogP contribution >= 0.6 is 0 Å². The average Bonchev–Trinajstić information content (AvgIpc) is 3.35. The summed E-state index contributed by atoms with van der Waals surface area (Å²) < 4.78 is 5.76. The van der Waals surface area contributed by atoms with Crippen LogP contribution in [-0.2, 0) is 6.61 Å².